The maximum atomic E-state index is 11.8. The number of nitriles is 1. The highest BCUT2D eigenvalue weighted by atomic mass is 16.3. The summed E-state index contributed by atoms with van der Waals surface area (Å²) in [5.41, 5.74) is 1.17. The van der Waals surface area contributed by atoms with Crippen LogP contribution in [0.15, 0.2) is 29.0 Å². The fourth-order valence-corrected chi connectivity index (χ4v) is 1.70. The molecule has 1 aliphatic rings. The average Bonchev–Trinajstić information content (AvgIpc) is 3.01. The number of aromatic nitrogens is 1. The van der Waals surface area contributed by atoms with Crippen LogP contribution < -0.4 is 5.32 Å². The van der Waals surface area contributed by atoms with E-state index in [1.54, 1.807) is 18.2 Å². The molecule has 2 aromatic rings. The van der Waals surface area contributed by atoms with Crippen LogP contribution in [0.3, 0.4) is 0 Å². The summed E-state index contributed by atoms with van der Waals surface area (Å²) in [5, 5.41) is 11.6. The summed E-state index contributed by atoms with van der Waals surface area (Å²) in [7, 11) is 0. The SMILES string of the molecule is N#CC1(C(=O)Nc2ccc3ncoc3c2)CC1. The highest BCUT2D eigenvalue weighted by Gasteiger charge is 2.50. The largest absolute Gasteiger partial charge is 0.443 e. The molecule has 3 rings (SSSR count). The van der Waals surface area contributed by atoms with Crippen molar-refractivity contribution in [1.29, 1.82) is 5.26 Å². The molecule has 5 nitrogen and oxygen atoms in total. The normalized spacial score (nSPS) is 16.4. The Morgan fingerprint density at radius 3 is 3.06 bits per heavy atom. The second-order valence-electron chi connectivity index (χ2n) is 4.18. The Labute approximate surface area is 97.0 Å². The predicted octanol–water partition coefficient (Wildman–Crippen LogP) is 2.07. The van der Waals surface area contributed by atoms with Gasteiger partial charge in [-0.05, 0) is 25.0 Å². The van der Waals surface area contributed by atoms with Crippen LogP contribution in [0.4, 0.5) is 5.69 Å². The molecule has 0 atom stereocenters. The third-order valence-electron chi connectivity index (χ3n) is 2.99. The van der Waals surface area contributed by atoms with Gasteiger partial charge < -0.3 is 9.73 Å². The first-order valence-corrected chi connectivity index (χ1v) is 5.29. The molecule has 1 aromatic carbocycles. The zero-order valence-corrected chi connectivity index (χ0v) is 8.93. The Balaban J connectivity index is 1.85. The molecule has 0 spiro atoms. The van der Waals surface area contributed by atoms with Crippen molar-refractivity contribution >= 4 is 22.7 Å². The van der Waals surface area contributed by atoms with Gasteiger partial charge in [-0.2, -0.15) is 5.26 Å². The van der Waals surface area contributed by atoms with Crippen molar-refractivity contribution in [2.45, 2.75) is 12.8 Å². The minimum atomic E-state index is -0.809. The van der Waals surface area contributed by atoms with Crippen molar-refractivity contribution in [2.24, 2.45) is 5.41 Å². The van der Waals surface area contributed by atoms with E-state index in [2.05, 4.69) is 16.4 Å². The van der Waals surface area contributed by atoms with Gasteiger partial charge in [0.2, 0.25) is 5.91 Å². The number of carbonyl (C=O) groups is 1. The second-order valence-corrected chi connectivity index (χ2v) is 4.18. The molecule has 0 unspecified atom stereocenters. The average molecular weight is 227 g/mol. The summed E-state index contributed by atoms with van der Waals surface area (Å²) >= 11 is 0. The molecule has 1 fully saturated rings. The standard InChI is InChI=1S/C12H9N3O2/c13-6-12(3-4-12)11(16)15-8-1-2-9-10(5-8)17-7-14-9/h1-2,5,7H,3-4H2,(H,15,16). The molecule has 0 aliphatic heterocycles. The summed E-state index contributed by atoms with van der Waals surface area (Å²) in [6, 6.07) is 7.27. The van der Waals surface area contributed by atoms with Crippen LogP contribution in [-0.2, 0) is 4.79 Å². The van der Waals surface area contributed by atoms with Crippen LogP contribution in [-0.4, -0.2) is 10.9 Å². The molecule has 1 aliphatic carbocycles. The van der Waals surface area contributed by atoms with Gasteiger partial charge in [0.05, 0.1) is 6.07 Å². The van der Waals surface area contributed by atoms with Crippen molar-refractivity contribution in [3.05, 3.63) is 24.6 Å². The van der Waals surface area contributed by atoms with Crippen molar-refractivity contribution < 1.29 is 9.21 Å². The third kappa shape index (κ3) is 1.54. The second kappa shape index (κ2) is 3.32. The summed E-state index contributed by atoms with van der Waals surface area (Å²) in [6.07, 6.45) is 2.63. The van der Waals surface area contributed by atoms with Crippen LogP contribution in [0, 0.1) is 16.7 Å². The minimum Gasteiger partial charge on any atom is -0.443 e. The Kier molecular flexibility index (Phi) is 1.92. The van der Waals surface area contributed by atoms with Crippen molar-refractivity contribution in [3.63, 3.8) is 0 Å². The van der Waals surface area contributed by atoms with Crippen LogP contribution in [0.2, 0.25) is 0 Å². The van der Waals surface area contributed by atoms with Gasteiger partial charge in [0, 0.05) is 11.8 Å². The summed E-state index contributed by atoms with van der Waals surface area (Å²) in [6.45, 7) is 0. The molecule has 1 aromatic heterocycles. The number of nitrogens with one attached hydrogen (secondary N) is 1. The van der Waals surface area contributed by atoms with E-state index in [9.17, 15) is 4.79 Å². The quantitative estimate of drug-likeness (QED) is 0.851. The van der Waals surface area contributed by atoms with E-state index >= 15 is 0 Å². The lowest BCUT2D eigenvalue weighted by Gasteiger charge is -2.07. The Bertz CT molecular complexity index is 634. The molecular formula is C12H9N3O2. The Hall–Kier alpha value is -2.35. The van der Waals surface area contributed by atoms with E-state index in [0.29, 0.717) is 24.1 Å². The highest BCUT2D eigenvalue weighted by Crippen LogP contribution is 2.45. The first-order chi connectivity index (χ1) is 8.23. The van der Waals surface area contributed by atoms with Gasteiger partial charge in [0.15, 0.2) is 12.0 Å². The predicted molar refractivity (Wildman–Crippen MR) is 59.9 cm³/mol. The molecule has 5 heteroatoms. The summed E-state index contributed by atoms with van der Waals surface area (Å²) in [4.78, 5) is 15.8. The first kappa shape index (κ1) is 9.85. The molecule has 0 bridgehead atoms. The molecule has 84 valence electrons. The first-order valence-electron chi connectivity index (χ1n) is 5.29. The van der Waals surface area contributed by atoms with Crippen molar-refractivity contribution in [2.75, 3.05) is 5.32 Å². The molecule has 0 radical (unpaired) electrons. The molecule has 17 heavy (non-hydrogen) atoms. The van der Waals surface area contributed by atoms with Gasteiger partial charge >= 0.3 is 0 Å². The molecule has 1 amide bonds. The summed E-state index contributed by atoms with van der Waals surface area (Å²) in [5.74, 6) is -0.237. The van der Waals surface area contributed by atoms with Crippen molar-refractivity contribution in [3.8, 4) is 6.07 Å². The number of hydrogen-bond acceptors (Lipinski definition) is 4. The monoisotopic (exact) mass is 227 g/mol. The zero-order valence-electron chi connectivity index (χ0n) is 8.93. The van der Waals surface area contributed by atoms with E-state index < -0.39 is 5.41 Å². The number of nitrogens with zero attached hydrogens (tertiary/aromatic N) is 2. The van der Waals surface area contributed by atoms with E-state index in [4.69, 9.17) is 9.68 Å². The van der Waals surface area contributed by atoms with E-state index in [-0.39, 0.29) is 5.91 Å². The van der Waals surface area contributed by atoms with E-state index in [1.165, 1.54) is 6.39 Å². The van der Waals surface area contributed by atoms with E-state index in [0.717, 1.165) is 5.52 Å². The number of benzene rings is 1. The number of anilines is 1. The van der Waals surface area contributed by atoms with Gasteiger partial charge in [-0.25, -0.2) is 4.98 Å². The number of oxazole rings is 1. The number of rotatable bonds is 2. The van der Waals surface area contributed by atoms with Gasteiger partial charge in [-0.1, -0.05) is 0 Å². The lowest BCUT2D eigenvalue weighted by atomic mass is 10.1. The number of carbonyl (C=O) groups excluding carboxylic acids is 1. The Morgan fingerprint density at radius 2 is 2.35 bits per heavy atom. The maximum absolute atomic E-state index is 11.8. The molecular weight excluding hydrogens is 218 g/mol. The van der Waals surface area contributed by atoms with Gasteiger partial charge in [-0.15, -0.1) is 0 Å². The number of amides is 1. The number of hydrogen-bond donors (Lipinski definition) is 1. The van der Waals surface area contributed by atoms with Crippen LogP contribution >= 0.6 is 0 Å². The minimum absolute atomic E-state index is 0.237. The fourth-order valence-electron chi connectivity index (χ4n) is 1.70. The van der Waals surface area contributed by atoms with Crippen LogP contribution in [0.1, 0.15) is 12.8 Å². The van der Waals surface area contributed by atoms with Crippen LogP contribution in [0.5, 0.6) is 0 Å². The lowest BCUT2D eigenvalue weighted by Crippen LogP contribution is -2.22. The molecule has 1 heterocycles. The maximum Gasteiger partial charge on any atom is 0.244 e. The van der Waals surface area contributed by atoms with Crippen LogP contribution in [0.25, 0.3) is 11.1 Å². The summed E-state index contributed by atoms with van der Waals surface area (Å²) < 4.78 is 5.14. The Morgan fingerprint density at radius 1 is 1.53 bits per heavy atom. The third-order valence-corrected chi connectivity index (χ3v) is 2.99. The highest BCUT2D eigenvalue weighted by molar-refractivity contribution is 6.00. The van der Waals surface area contributed by atoms with Gasteiger partial charge in [-0.3, -0.25) is 4.79 Å². The molecule has 1 N–H and O–H groups in total. The molecule has 0 saturated heterocycles. The van der Waals surface area contributed by atoms with E-state index in [1.807, 2.05) is 0 Å². The van der Waals surface area contributed by atoms with Crippen molar-refractivity contribution in [1.82, 2.24) is 4.98 Å². The smallest absolute Gasteiger partial charge is 0.244 e. The topological polar surface area (TPSA) is 78.9 Å². The fraction of sp³-hybridized carbons (Fsp3) is 0.250. The lowest BCUT2D eigenvalue weighted by molar-refractivity contribution is -0.119. The molecule has 1 saturated carbocycles. The van der Waals surface area contributed by atoms with Gasteiger partial charge in [0.25, 0.3) is 0 Å². The number of fused-ring (bicyclic) bond motifs is 1. The zero-order chi connectivity index (χ0) is 11.9. The van der Waals surface area contributed by atoms with Gasteiger partial charge in [0.1, 0.15) is 10.9 Å².